The van der Waals surface area contributed by atoms with Crippen LogP contribution in [0.4, 0.5) is 0 Å². The zero-order chi connectivity index (χ0) is 10.5. The van der Waals surface area contributed by atoms with E-state index in [-0.39, 0.29) is 6.04 Å². The predicted octanol–water partition coefficient (Wildman–Crippen LogP) is 0.113. The summed E-state index contributed by atoms with van der Waals surface area (Å²) >= 11 is 0. The fourth-order valence-electron chi connectivity index (χ4n) is 2.70. The first kappa shape index (κ1) is 10.4. The molecule has 14 heavy (non-hydrogen) atoms. The fourth-order valence-corrected chi connectivity index (χ4v) is 3.84. The number of nitrogens with zero attached hydrogens (tertiary/aromatic N) is 2. The molecule has 2 heterocycles. The molecule has 0 spiro atoms. The Kier molecular flexibility index (Phi) is 2.36. The molecular formula is C9H18N2O2S. The van der Waals surface area contributed by atoms with E-state index in [1.54, 1.807) is 4.31 Å². The molecule has 0 aromatic heterocycles. The van der Waals surface area contributed by atoms with Gasteiger partial charge in [-0.2, -0.15) is 4.31 Å². The van der Waals surface area contributed by atoms with E-state index in [4.69, 9.17) is 0 Å². The minimum Gasteiger partial charge on any atom is -0.295 e. The molecule has 2 fully saturated rings. The summed E-state index contributed by atoms with van der Waals surface area (Å²) in [7, 11) is -2.98. The van der Waals surface area contributed by atoms with Crippen molar-refractivity contribution in [3.05, 3.63) is 0 Å². The van der Waals surface area contributed by atoms with Crippen molar-refractivity contribution in [2.24, 2.45) is 0 Å². The first-order chi connectivity index (χ1) is 6.39. The smallest absolute Gasteiger partial charge is 0.211 e. The summed E-state index contributed by atoms with van der Waals surface area (Å²) in [5.74, 6) is 0. The van der Waals surface area contributed by atoms with Crippen molar-refractivity contribution in [2.75, 3.05) is 19.3 Å². The van der Waals surface area contributed by atoms with Gasteiger partial charge < -0.3 is 0 Å². The van der Waals surface area contributed by atoms with E-state index in [0.29, 0.717) is 18.6 Å². The highest BCUT2D eigenvalue weighted by atomic mass is 32.2. The highest BCUT2D eigenvalue weighted by Gasteiger charge is 2.47. The van der Waals surface area contributed by atoms with E-state index in [9.17, 15) is 8.42 Å². The van der Waals surface area contributed by atoms with Gasteiger partial charge in [0, 0.05) is 31.2 Å². The monoisotopic (exact) mass is 218 g/mol. The first-order valence-electron chi connectivity index (χ1n) is 5.12. The second-order valence-corrected chi connectivity index (χ2v) is 6.60. The molecule has 0 saturated carbocycles. The lowest BCUT2D eigenvalue weighted by Gasteiger charge is -2.35. The second-order valence-electron chi connectivity index (χ2n) is 4.67. The molecule has 2 atom stereocenters. The maximum absolute atomic E-state index is 11.4. The van der Waals surface area contributed by atoms with Crippen LogP contribution < -0.4 is 0 Å². The molecule has 0 amide bonds. The largest absolute Gasteiger partial charge is 0.295 e. The summed E-state index contributed by atoms with van der Waals surface area (Å²) in [5, 5.41) is 0. The summed E-state index contributed by atoms with van der Waals surface area (Å²) in [6.07, 6.45) is 2.33. The zero-order valence-corrected chi connectivity index (χ0v) is 9.79. The first-order valence-corrected chi connectivity index (χ1v) is 6.97. The second kappa shape index (κ2) is 3.18. The van der Waals surface area contributed by atoms with Crippen LogP contribution in [0.15, 0.2) is 0 Å². The quantitative estimate of drug-likeness (QED) is 0.660. The Hall–Kier alpha value is -0.130. The Morgan fingerprint density at radius 1 is 1.21 bits per heavy atom. The van der Waals surface area contributed by atoms with Crippen LogP contribution in [0.3, 0.4) is 0 Å². The van der Waals surface area contributed by atoms with Crippen molar-refractivity contribution in [1.82, 2.24) is 9.21 Å². The highest BCUT2D eigenvalue weighted by molar-refractivity contribution is 7.88. The standard InChI is InChI=1S/C9H18N2O2S/c1-7(2)10-5-9-4-8(10)6-11(9)14(3,12)13/h7-9H,4-6H2,1-3H3/t8-,9-/m0/s1. The molecule has 0 aliphatic carbocycles. The van der Waals surface area contributed by atoms with Gasteiger partial charge in [-0.1, -0.05) is 0 Å². The van der Waals surface area contributed by atoms with Crippen molar-refractivity contribution in [3.63, 3.8) is 0 Å². The Labute approximate surface area is 85.9 Å². The van der Waals surface area contributed by atoms with Crippen LogP contribution in [-0.2, 0) is 10.0 Å². The van der Waals surface area contributed by atoms with E-state index in [1.165, 1.54) is 6.26 Å². The van der Waals surface area contributed by atoms with Gasteiger partial charge in [0.2, 0.25) is 10.0 Å². The zero-order valence-electron chi connectivity index (χ0n) is 8.97. The Balaban J connectivity index is 2.11. The average Bonchev–Trinajstić information content (AvgIpc) is 2.58. The molecule has 2 aliphatic heterocycles. The molecule has 5 heteroatoms. The third-order valence-corrected chi connectivity index (χ3v) is 4.62. The normalized spacial score (nSPS) is 34.6. The molecule has 0 radical (unpaired) electrons. The average molecular weight is 218 g/mol. The van der Waals surface area contributed by atoms with E-state index < -0.39 is 10.0 Å². The lowest BCUT2D eigenvalue weighted by Crippen LogP contribution is -2.50. The summed E-state index contributed by atoms with van der Waals surface area (Å²) in [5.41, 5.74) is 0. The fraction of sp³-hybridized carbons (Fsp3) is 1.00. The molecule has 0 aromatic carbocycles. The molecule has 2 aliphatic rings. The third kappa shape index (κ3) is 1.57. The Morgan fingerprint density at radius 2 is 1.86 bits per heavy atom. The number of hydrogen-bond donors (Lipinski definition) is 0. The third-order valence-electron chi connectivity index (χ3n) is 3.32. The van der Waals surface area contributed by atoms with Gasteiger partial charge in [-0.15, -0.1) is 0 Å². The van der Waals surface area contributed by atoms with Crippen LogP contribution in [0.5, 0.6) is 0 Å². The molecule has 2 rings (SSSR count). The number of sulfonamides is 1. The highest BCUT2D eigenvalue weighted by Crippen LogP contribution is 2.33. The summed E-state index contributed by atoms with van der Waals surface area (Å²) < 4.78 is 24.5. The van der Waals surface area contributed by atoms with Crippen LogP contribution in [0, 0.1) is 0 Å². The van der Waals surface area contributed by atoms with Gasteiger partial charge in [0.1, 0.15) is 0 Å². The lowest BCUT2D eigenvalue weighted by molar-refractivity contribution is 0.147. The van der Waals surface area contributed by atoms with Crippen LogP contribution in [0.25, 0.3) is 0 Å². The number of fused-ring (bicyclic) bond motifs is 2. The molecule has 2 saturated heterocycles. The number of piperazine rings is 1. The van der Waals surface area contributed by atoms with Crippen molar-refractivity contribution in [3.8, 4) is 0 Å². The van der Waals surface area contributed by atoms with E-state index >= 15 is 0 Å². The van der Waals surface area contributed by atoms with Gasteiger partial charge in [0.15, 0.2) is 0 Å². The van der Waals surface area contributed by atoms with Crippen LogP contribution in [0.1, 0.15) is 20.3 Å². The van der Waals surface area contributed by atoms with Crippen LogP contribution in [-0.4, -0.2) is 55.1 Å². The van der Waals surface area contributed by atoms with Crippen molar-refractivity contribution in [2.45, 2.75) is 38.4 Å². The number of likely N-dealkylation sites (tertiary alicyclic amines) is 1. The molecular weight excluding hydrogens is 200 g/mol. The van der Waals surface area contributed by atoms with Gasteiger partial charge in [0.05, 0.1) is 6.26 Å². The van der Waals surface area contributed by atoms with E-state index in [2.05, 4.69) is 18.7 Å². The van der Waals surface area contributed by atoms with Gasteiger partial charge in [-0.05, 0) is 20.3 Å². The van der Waals surface area contributed by atoms with Crippen molar-refractivity contribution < 1.29 is 8.42 Å². The van der Waals surface area contributed by atoms with Crippen LogP contribution >= 0.6 is 0 Å². The van der Waals surface area contributed by atoms with Crippen LogP contribution in [0.2, 0.25) is 0 Å². The summed E-state index contributed by atoms with van der Waals surface area (Å²) in [4.78, 5) is 2.41. The molecule has 0 aromatic rings. The molecule has 0 unspecified atom stereocenters. The maximum Gasteiger partial charge on any atom is 0.211 e. The molecule has 82 valence electrons. The molecule has 2 bridgehead atoms. The topological polar surface area (TPSA) is 40.6 Å². The lowest BCUT2D eigenvalue weighted by atomic mass is 10.2. The summed E-state index contributed by atoms with van der Waals surface area (Å²) in [6.45, 7) is 5.95. The minimum atomic E-state index is -2.98. The van der Waals surface area contributed by atoms with Crippen molar-refractivity contribution >= 4 is 10.0 Å². The Bertz CT molecular complexity index is 326. The number of hydrogen-bond acceptors (Lipinski definition) is 3. The number of rotatable bonds is 2. The summed E-state index contributed by atoms with van der Waals surface area (Å²) in [6, 6.07) is 1.22. The van der Waals surface area contributed by atoms with Gasteiger partial charge in [-0.3, -0.25) is 4.90 Å². The Morgan fingerprint density at radius 3 is 2.21 bits per heavy atom. The SMILES string of the molecule is CC(C)N1C[C@@H]2C[C@H]1CN2S(C)(=O)=O. The molecule has 4 nitrogen and oxygen atoms in total. The van der Waals surface area contributed by atoms with Gasteiger partial charge in [-0.25, -0.2) is 8.42 Å². The van der Waals surface area contributed by atoms with E-state index in [1.807, 2.05) is 0 Å². The minimum absolute atomic E-state index is 0.234. The van der Waals surface area contributed by atoms with Gasteiger partial charge >= 0.3 is 0 Å². The maximum atomic E-state index is 11.4. The van der Waals surface area contributed by atoms with E-state index in [0.717, 1.165) is 13.0 Å². The molecule has 0 N–H and O–H groups in total. The van der Waals surface area contributed by atoms with Crippen molar-refractivity contribution in [1.29, 1.82) is 0 Å². The van der Waals surface area contributed by atoms with Gasteiger partial charge in [0.25, 0.3) is 0 Å². The predicted molar refractivity (Wildman–Crippen MR) is 55.6 cm³/mol.